The number of nitriles is 1. The topological polar surface area (TPSA) is 87.3 Å². The highest BCUT2D eigenvalue weighted by Gasteiger charge is 2.35. The maximum atomic E-state index is 13.5. The maximum absolute atomic E-state index is 13.5. The van der Waals surface area contributed by atoms with Crippen molar-refractivity contribution < 1.29 is 13.9 Å². The standard InChI is InChI=1S/C26H23N3O3S/c1-17-23(25(30)29-21-10-6-7-11-22(21)31-2)24(19-12-13-32-15-19)20(14-27)26(28-17)33-16-18-8-4-3-5-9-18/h3-13,15,24,28H,16H2,1-2H3,(H,29,30)/t24-/m1/s1. The number of nitrogens with one attached hydrogen (secondary N) is 2. The zero-order valence-corrected chi connectivity index (χ0v) is 19.1. The Hall–Kier alpha value is -3.89. The van der Waals surface area contributed by atoms with Gasteiger partial charge in [-0.3, -0.25) is 4.79 Å². The molecule has 33 heavy (non-hydrogen) atoms. The normalized spacial score (nSPS) is 15.6. The Morgan fingerprint density at radius 3 is 2.64 bits per heavy atom. The Kier molecular flexibility index (Phi) is 6.86. The van der Waals surface area contributed by atoms with Gasteiger partial charge >= 0.3 is 0 Å². The van der Waals surface area contributed by atoms with Gasteiger partial charge in [0, 0.05) is 22.6 Å². The summed E-state index contributed by atoms with van der Waals surface area (Å²) in [6.07, 6.45) is 3.13. The van der Waals surface area contributed by atoms with E-state index in [-0.39, 0.29) is 5.91 Å². The van der Waals surface area contributed by atoms with E-state index < -0.39 is 5.92 Å². The minimum Gasteiger partial charge on any atom is -0.495 e. The second-order valence-electron chi connectivity index (χ2n) is 7.44. The molecule has 2 N–H and O–H groups in total. The highest BCUT2D eigenvalue weighted by Crippen LogP contribution is 2.42. The van der Waals surface area contributed by atoms with Crippen LogP contribution in [0.5, 0.6) is 5.75 Å². The van der Waals surface area contributed by atoms with Crippen LogP contribution in [0.15, 0.2) is 99.5 Å². The number of carbonyl (C=O) groups is 1. The van der Waals surface area contributed by atoms with Gasteiger partial charge in [-0.15, -0.1) is 11.8 Å². The number of allylic oxidation sites excluding steroid dienone is 2. The van der Waals surface area contributed by atoms with E-state index in [2.05, 4.69) is 16.7 Å². The third kappa shape index (κ3) is 4.81. The molecule has 1 atom stereocenters. The highest BCUT2D eigenvalue weighted by molar-refractivity contribution is 8.02. The fraction of sp³-hybridized carbons (Fsp3) is 0.154. The summed E-state index contributed by atoms with van der Waals surface area (Å²) in [5.74, 6) is 0.393. The number of hydrogen-bond acceptors (Lipinski definition) is 6. The second kappa shape index (κ2) is 10.2. The van der Waals surface area contributed by atoms with Crippen molar-refractivity contribution in [1.82, 2.24) is 5.32 Å². The number of para-hydroxylation sites is 2. The minimum atomic E-state index is -0.553. The molecule has 2 heterocycles. The van der Waals surface area contributed by atoms with Crippen LogP contribution in [0.2, 0.25) is 0 Å². The quantitative estimate of drug-likeness (QED) is 0.483. The Morgan fingerprint density at radius 1 is 1.18 bits per heavy atom. The number of nitrogens with zero attached hydrogens (tertiary/aromatic N) is 1. The number of methoxy groups -OCH3 is 1. The summed E-state index contributed by atoms with van der Waals surface area (Å²) in [6, 6.07) is 21.4. The summed E-state index contributed by atoms with van der Waals surface area (Å²) in [5, 5.41) is 17.1. The summed E-state index contributed by atoms with van der Waals surface area (Å²) in [7, 11) is 1.55. The number of thioether (sulfide) groups is 1. The molecule has 3 aromatic rings. The molecule has 1 amide bonds. The van der Waals surface area contributed by atoms with Gasteiger partial charge in [0.2, 0.25) is 0 Å². The summed E-state index contributed by atoms with van der Waals surface area (Å²) in [6.45, 7) is 1.85. The van der Waals surface area contributed by atoms with E-state index in [1.165, 1.54) is 0 Å². The number of ether oxygens (including phenoxy) is 1. The van der Waals surface area contributed by atoms with Crippen LogP contribution in [-0.4, -0.2) is 13.0 Å². The predicted octanol–water partition coefficient (Wildman–Crippen LogP) is 5.56. The molecule has 0 fully saturated rings. The summed E-state index contributed by atoms with van der Waals surface area (Å²) < 4.78 is 10.7. The molecule has 166 valence electrons. The van der Waals surface area contributed by atoms with Crippen molar-refractivity contribution in [2.75, 3.05) is 12.4 Å². The molecule has 1 aliphatic heterocycles. The molecule has 0 spiro atoms. The molecule has 1 aliphatic rings. The molecule has 1 aromatic heterocycles. The summed E-state index contributed by atoms with van der Waals surface area (Å²) in [4.78, 5) is 13.5. The molecule has 0 aliphatic carbocycles. The number of benzene rings is 2. The smallest absolute Gasteiger partial charge is 0.254 e. The van der Waals surface area contributed by atoms with Gasteiger partial charge in [-0.1, -0.05) is 42.5 Å². The average Bonchev–Trinajstić information content (AvgIpc) is 3.38. The lowest BCUT2D eigenvalue weighted by Crippen LogP contribution is -2.30. The second-order valence-corrected chi connectivity index (χ2v) is 8.42. The van der Waals surface area contributed by atoms with Gasteiger partial charge < -0.3 is 19.8 Å². The average molecular weight is 458 g/mol. The van der Waals surface area contributed by atoms with Crippen LogP contribution in [-0.2, 0) is 10.5 Å². The van der Waals surface area contributed by atoms with E-state index in [0.29, 0.717) is 34.0 Å². The van der Waals surface area contributed by atoms with Crippen molar-refractivity contribution in [1.29, 1.82) is 5.26 Å². The minimum absolute atomic E-state index is 0.310. The molecule has 0 bridgehead atoms. The van der Waals surface area contributed by atoms with Gasteiger partial charge in [-0.2, -0.15) is 5.26 Å². The summed E-state index contributed by atoms with van der Waals surface area (Å²) in [5.41, 5.74) is 4.08. The van der Waals surface area contributed by atoms with Gasteiger partial charge in [0.15, 0.2) is 0 Å². The molecular formula is C26H23N3O3S. The Labute approximate surface area is 196 Å². The van der Waals surface area contributed by atoms with Crippen molar-refractivity contribution in [3.8, 4) is 11.8 Å². The largest absolute Gasteiger partial charge is 0.495 e. The molecule has 0 unspecified atom stereocenters. The van der Waals surface area contributed by atoms with E-state index in [9.17, 15) is 10.1 Å². The van der Waals surface area contributed by atoms with E-state index in [1.54, 1.807) is 49.6 Å². The molecule has 6 nitrogen and oxygen atoms in total. The monoisotopic (exact) mass is 457 g/mol. The molecule has 0 radical (unpaired) electrons. The van der Waals surface area contributed by atoms with Gasteiger partial charge in [0.05, 0.1) is 47.9 Å². The van der Waals surface area contributed by atoms with E-state index >= 15 is 0 Å². The molecule has 0 saturated heterocycles. The Balaban J connectivity index is 1.68. The fourth-order valence-corrected chi connectivity index (χ4v) is 4.82. The van der Waals surface area contributed by atoms with Crippen molar-refractivity contribution in [3.05, 3.63) is 106 Å². The van der Waals surface area contributed by atoms with Gasteiger partial charge in [0.25, 0.3) is 5.91 Å². The zero-order valence-electron chi connectivity index (χ0n) is 18.3. The number of amides is 1. The van der Waals surface area contributed by atoms with Crippen molar-refractivity contribution in [2.45, 2.75) is 18.6 Å². The lowest BCUT2D eigenvalue weighted by Gasteiger charge is -2.29. The lowest BCUT2D eigenvalue weighted by atomic mass is 9.83. The fourth-order valence-electron chi connectivity index (χ4n) is 3.77. The number of anilines is 1. The zero-order chi connectivity index (χ0) is 23.2. The lowest BCUT2D eigenvalue weighted by molar-refractivity contribution is -0.113. The highest BCUT2D eigenvalue weighted by atomic mass is 32.2. The van der Waals surface area contributed by atoms with Gasteiger partial charge in [0.1, 0.15) is 5.75 Å². The van der Waals surface area contributed by atoms with Crippen LogP contribution in [0, 0.1) is 11.3 Å². The number of furan rings is 1. The molecule has 7 heteroatoms. The van der Waals surface area contributed by atoms with Crippen molar-refractivity contribution in [3.63, 3.8) is 0 Å². The van der Waals surface area contributed by atoms with Crippen LogP contribution in [0.1, 0.15) is 24.0 Å². The first-order valence-electron chi connectivity index (χ1n) is 10.4. The first kappa shape index (κ1) is 22.3. The Morgan fingerprint density at radius 2 is 1.94 bits per heavy atom. The van der Waals surface area contributed by atoms with Crippen molar-refractivity contribution in [2.24, 2.45) is 0 Å². The van der Waals surface area contributed by atoms with Crippen LogP contribution in [0.3, 0.4) is 0 Å². The van der Waals surface area contributed by atoms with Gasteiger partial charge in [-0.05, 0) is 30.7 Å². The third-order valence-electron chi connectivity index (χ3n) is 5.35. The maximum Gasteiger partial charge on any atom is 0.254 e. The van der Waals surface area contributed by atoms with E-state index in [0.717, 1.165) is 16.2 Å². The molecular weight excluding hydrogens is 434 g/mol. The van der Waals surface area contributed by atoms with Crippen LogP contribution >= 0.6 is 11.8 Å². The van der Waals surface area contributed by atoms with E-state index in [4.69, 9.17) is 9.15 Å². The van der Waals surface area contributed by atoms with Crippen LogP contribution in [0.4, 0.5) is 5.69 Å². The van der Waals surface area contributed by atoms with Crippen LogP contribution < -0.4 is 15.4 Å². The third-order valence-corrected chi connectivity index (χ3v) is 6.44. The SMILES string of the molecule is COc1ccccc1NC(=O)C1=C(C)NC(SCc2ccccc2)=C(C#N)[C@H]1c1ccoc1. The number of rotatable bonds is 7. The summed E-state index contributed by atoms with van der Waals surface area (Å²) >= 11 is 1.54. The first-order chi connectivity index (χ1) is 16.1. The molecule has 4 rings (SSSR count). The van der Waals surface area contributed by atoms with Gasteiger partial charge in [-0.25, -0.2) is 0 Å². The number of dihydropyridines is 1. The number of hydrogen-bond donors (Lipinski definition) is 2. The number of carbonyl (C=O) groups excluding carboxylic acids is 1. The van der Waals surface area contributed by atoms with Crippen molar-refractivity contribution >= 4 is 23.4 Å². The molecule has 0 saturated carbocycles. The van der Waals surface area contributed by atoms with E-state index in [1.807, 2.05) is 49.4 Å². The van der Waals surface area contributed by atoms with Crippen LogP contribution in [0.25, 0.3) is 0 Å². The first-order valence-corrected chi connectivity index (χ1v) is 11.4. The predicted molar refractivity (Wildman–Crippen MR) is 129 cm³/mol. The molecule has 2 aromatic carbocycles. The Bertz CT molecular complexity index is 1240.